The van der Waals surface area contributed by atoms with E-state index in [0.717, 1.165) is 10.6 Å². The molecule has 22 heavy (non-hydrogen) atoms. The van der Waals surface area contributed by atoms with E-state index in [-0.39, 0.29) is 17.4 Å². The molecule has 0 aliphatic heterocycles. The first-order valence-corrected chi connectivity index (χ1v) is 7.70. The highest BCUT2D eigenvalue weighted by Crippen LogP contribution is 2.14. The molecule has 0 aliphatic carbocycles. The number of aromatic nitrogens is 3. The van der Waals surface area contributed by atoms with Gasteiger partial charge < -0.3 is 5.32 Å². The summed E-state index contributed by atoms with van der Waals surface area (Å²) in [6.45, 7) is 4.21. The monoisotopic (exact) mass is 318 g/mol. The average Bonchev–Trinajstić information content (AvgIpc) is 2.86. The fourth-order valence-corrected chi connectivity index (χ4v) is 2.96. The molecule has 3 rings (SSSR count). The van der Waals surface area contributed by atoms with Gasteiger partial charge in [0.2, 0.25) is 4.96 Å². The quantitative estimate of drug-likeness (QED) is 0.803. The van der Waals surface area contributed by atoms with Crippen LogP contribution in [0.15, 0.2) is 35.1 Å². The first-order chi connectivity index (χ1) is 10.5. The third kappa shape index (κ3) is 3.05. The Balaban J connectivity index is 1.77. The maximum absolute atomic E-state index is 13.2. The van der Waals surface area contributed by atoms with Crippen molar-refractivity contribution in [1.29, 1.82) is 0 Å². The first-order valence-electron chi connectivity index (χ1n) is 6.88. The molecule has 0 amide bonds. The zero-order chi connectivity index (χ0) is 15.7. The molecule has 1 N–H and O–H groups in total. The topological polar surface area (TPSA) is 59.3 Å². The van der Waals surface area contributed by atoms with Crippen molar-refractivity contribution < 1.29 is 4.39 Å². The summed E-state index contributed by atoms with van der Waals surface area (Å²) in [5.74, 6) is -0.260. The zero-order valence-corrected chi connectivity index (χ0v) is 13.0. The Labute approximate surface area is 130 Å². The molecule has 0 unspecified atom stereocenters. The fraction of sp³-hybridized carbons (Fsp3) is 0.267. The summed E-state index contributed by atoms with van der Waals surface area (Å²) in [6, 6.07) is 7.88. The number of nitrogens with zero attached hydrogens (tertiary/aromatic N) is 3. The highest BCUT2D eigenvalue weighted by atomic mass is 32.1. The first kappa shape index (κ1) is 14.8. The highest BCUT2D eigenvalue weighted by Gasteiger charge is 2.09. The summed E-state index contributed by atoms with van der Waals surface area (Å²) in [7, 11) is 0. The van der Waals surface area contributed by atoms with Crippen molar-refractivity contribution in [2.75, 3.05) is 0 Å². The molecule has 114 valence electrons. The average molecular weight is 318 g/mol. The minimum Gasteiger partial charge on any atom is -0.305 e. The van der Waals surface area contributed by atoms with Crippen LogP contribution in [0.25, 0.3) is 4.96 Å². The third-order valence-electron chi connectivity index (χ3n) is 3.34. The lowest BCUT2D eigenvalue weighted by atomic mass is 10.1. The summed E-state index contributed by atoms with van der Waals surface area (Å²) < 4.78 is 14.5. The fourth-order valence-electron chi connectivity index (χ4n) is 2.19. The van der Waals surface area contributed by atoms with Crippen LogP contribution in [0.3, 0.4) is 0 Å². The summed E-state index contributed by atoms with van der Waals surface area (Å²) in [6.07, 6.45) is 0. The van der Waals surface area contributed by atoms with Crippen LogP contribution in [0, 0.1) is 12.7 Å². The van der Waals surface area contributed by atoms with Crippen molar-refractivity contribution >= 4 is 16.3 Å². The molecule has 1 atom stereocenters. The van der Waals surface area contributed by atoms with Crippen LogP contribution in [0.5, 0.6) is 0 Å². The smallest absolute Gasteiger partial charge is 0.275 e. The molecule has 0 radical (unpaired) electrons. The highest BCUT2D eigenvalue weighted by molar-refractivity contribution is 7.16. The molecule has 0 fully saturated rings. The number of fused-ring (bicyclic) bond motifs is 1. The number of aryl methyl sites for hydroxylation is 1. The second-order valence-electron chi connectivity index (χ2n) is 5.06. The van der Waals surface area contributed by atoms with Gasteiger partial charge >= 0.3 is 0 Å². The van der Waals surface area contributed by atoms with Crippen LogP contribution >= 0.6 is 11.3 Å². The van der Waals surface area contributed by atoms with Gasteiger partial charge in [0.1, 0.15) is 10.8 Å². The Morgan fingerprint density at radius 3 is 3.00 bits per heavy atom. The molecule has 2 heterocycles. The van der Waals surface area contributed by atoms with E-state index in [1.165, 1.54) is 34.1 Å². The Hall–Kier alpha value is -2.12. The zero-order valence-electron chi connectivity index (χ0n) is 12.2. The SMILES string of the molecule is Cc1nn2c(=O)cc(CN[C@H](C)c3cccc(F)c3)nc2s1. The number of halogens is 1. The van der Waals surface area contributed by atoms with Gasteiger partial charge in [0.15, 0.2) is 0 Å². The van der Waals surface area contributed by atoms with Crippen molar-refractivity contribution in [3.05, 3.63) is 62.8 Å². The van der Waals surface area contributed by atoms with Gasteiger partial charge in [-0.05, 0) is 31.5 Å². The summed E-state index contributed by atoms with van der Waals surface area (Å²) >= 11 is 1.38. The van der Waals surface area contributed by atoms with Crippen LogP contribution in [0.2, 0.25) is 0 Å². The maximum atomic E-state index is 13.2. The lowest BCUT2D eigenvalue weighted by molar-refractivity contribution is 0.559. The molecule has 0 saturated carbocycles. The van der Waals surface area contributed by atoms with E-state index >= 15 is 0 Å². The molecule has 0 saturated heterocycles. The third-order valence-corrected chi connectivity index (χ3v) is 4.16. The van der Waals surface area contributed by atoms with Crippen LogP contribution in [-0.2, 0) is 6.54 Å². The summed E-state index contributed by atoms with van der Waals surface area (Å²) in [4.78, 5) is 17.0. The molecule has 2 aromatic heterocycles. The normalized spacial score (nSPS) is 12.7. The van der Waals surface area contributed by atoms with Gasteiger partial charge in [0, 0.05) is 18.7 Å². The van der Waals surface area contributed by atoms with Gasteiger partial charge in [-0.3, -0.25) is 4.79 Å². The van der Waals surface area contributed by atoms with E-state index in [1.807, 2.05) is 19.9 Å². The largest absolute Gasteiger partial charge is 0.305 e. The lowest BCUT2D eigenvalue weighted by Crippen LogP contribution is -2.22. The molecular formula is C15H15FN4OS. The second kappa shape index (κ2) is 5.94. The molecule has 7 heteroatoms. The minimum atomic E-state index is -0.260. The molecule has 0 bridgehead atoms. The Morgan fingerprint density at radius 1 is 1.41 bits per heavy atom. The molecule has 3 aromatic rings. The van der Waals surface area contributed by atoms with Crippen molar-refractivity contribution in [3.63, 3.8) is 0 Å². The van der Waals surface area contributed by atoms with Gasteiger partial charge in [0.25, 0.3) is 5.56 Å². The van der Waals surface area contributed by atoms with E-state index in [2.05, 4.69) is 15.4 Å². The Kier molecular flexibility index (Phi) is 4.00. The van der Waals surface area contributed by atoms with Crippen molar-refractivity contribution in [3.8, 4) is 0 Å². The van der Waals surface area contributed by atoms with Crippen molar-refractivity contribution in [2.24, 2.45) is 0 Å². The predicted molar refractivity (Wildman–Crippen MR) is 83.5 cm³/mol. The van der Waals surface area contributed by atoms with Crippen molar-refractivity contribution in [2.45, 2.75) is 26.4 Å². The standard InChI is InChI=1S/C15H15FN4OS/c1-9(11-4-3-5-12(16)6-11)17-8-13-7-14(21)20-15(18-13)22-10(2)19-20/h3-7,9,17H,8H2,1-2H3/t9-/m1/s1. The molecule has 1 aromatic carbocycles. The van der Waals surface area contributed by atoms with E-state index in [0.29, 0.717) is 17.2 Å². The molecule has 5 nitrogen and oxygen atoms in total. The number of rotatable bonds is 4. The Bertz CT molecular complexity index is 873. The number of hydrogen-bond acceptors (Lipinski definition) is 5. The number of hydrogen-bond donors (Lipinski definition) is 1. The van der Waals surface area contributed by atoms with Gasteiger partial charge in [-0.15, -0.1) is 0 Å². The number of benzene rings is 1. The van der Waals surface area contributed by atoms with E-state index in [9.17, 15) is 9.18 Å². The van der Waals surface area contributed by atoms with Gasteiger partial charge in [-0.1, -0.05) is 23.5 Å². The lowest BCUT2D eigenvalue weighted by Gasteiger charge is -2.13. The van der Waals surface area contributed by atoms with Gasteiger partial charge in [-0.2, -0.15) is 9.61 Å². The Morgan fingerprint density at radius 2 is 2.23 bits per heavy atom. The van der Waals surface area contributed by atoms with Crippen LogP contribution in [-0.4, -0.2) is 14.6 Å². The summed E-state index contributed by atoms with van der Waals surface area (Å²) in [5, 5.41) is 8.15. The minimum absolute atomic E-state index is 0.0425. The van der Waals surface area contributed by atoms with E-state index in [4.69, 9.17) is 0 Å². The predicted octanol–water partition coefficient (Wildman–Crippen LogP) is 2.45. The maximum Gasteiger partial charge on any atom is 0.275 e. The van der Waals surface area contributed by atoms with E-state index < -0.39 is 0 Å². The van der Waals surface area contributed by atoms with E-state index in [1.54, 1.807) is 6.07 Å². The van der Waals surface area contributed by atoms with Crippen LogP contribution in [0.1, 0.15) is 29.2 Å². The molecular weight excluding hydrogens is 303 g/mol. The second-order valence-corrected chi connectivity index (χ2v) is 6.22. The van der Waals surface area contributed by atoms with Crippen molar-refractivity contribution in [1.82, 2.24) is 19.9 Å². The van der Waals surface area contributed by atoms with Crippen LogP contribution in [0.4, 0.5) is 4.39 Å². The van der Waals surface area contributed by atoms with Gasteiger partial charge in [-0.25, -0.2) is 9.37 Å². The van der Waals surface area contributed by atoms with Gasteiger partial charge in [0.05, 0.1) is 5.69 Å². The number of nitrogens with one attached hydrogen (secondary N) is 1. The molecule has 0 aliphatic rings. The molecule has 0 spiro atoms. The summed E-state index contributed by atoms with van der Waals surface area (Å²) in [5.41, 5.74) is 1.31. The van der Waals surface area contributed by atoms with Crippen LogP contribution < -0.4 is 10.9 Å².